The average molecular weight is 168 g/mol. The second-order valence-electron chi connectivity index (χ2n) is 5.11. The molecule has 0 amide bonds. The lowest BCUT2D eigenvalue weighted by Crippen LogP contribution is -1.95. The van der Waals surface area contributed by atoms with Crippen LogP contribution >= 0.6 is 0 Å². The molecule has 0 aromatic rings. The van der Waals surface area contributed by atoms with Crippen molar-refractivity contribution in [1.82, 2.24) is 0 Å². The molecule has 0 spiro atoms. The average Bonchev–Trinajstić information content (AvgIpc) is 2.40. The smallest absolute Gasteiger partial charge is 0.0386 e. The third kappa shape index (κ3) is 3.16. The van der Waals surface area contributed by atoms with Crippen LogP contribution in [0.5, 0.6) is 0 Å². The van der Waals surface area contributed by atoms with E-state index < -0.39 is 0 Å². The van der Waals surface area contributed by atoms with E-state index in [2.05, 4.69) is 20.8 Å². The molecule has 0 heterocycles. The Labute approximate surface area is 77.7 Å². The molecule has 12 heavy (non-hydrogen) atoms. The van der Waals surface area contributed by atoms with Gasteiger partial charge >= 0.3 is 0 Å². The number of hydrogen-bond acceptors (Lipinski definition) is 0. The Bertz CT molecular complexity index is 92.5. The zero-order chi connectivity index (χ0) is 8.97. The van der Waals surface area contributed by atoms with Crippen LogP contribution in [0, 0.1) is 17.8 Å². The first kappa shape index (κ1) is 10.1. The molecule has 72 valence electrons. The molecule has 0 saturated heterocycles. The lowest BCUT2D eigenvalue weighted by atomic mass is 10.0. The molecule has 0 atom stereocenters. The standard InChI is InChI=1S/C8H14.C4H10/c1-3-7-5-2-6-8(7)4-1;1-4(2)3/h7-8H,1-6H2;4H,1-3H3. The molecule has 2 aliphatic rings. The first-order valence-electron chi connectivity index (χ1n) is 5.70. The highest BCUT2D eigenvalue weighted by Crippen LogP contribution is 2.43. The van der Waals surface area contributed by atoms with Gasteiger partial charge in [-0.15, -0.1) is 0 Å². The summed E-state index contributed by atoms with van der Waals surface area (Å²) in [6.07, 6.45) is 9.31. The fraction of sp³-hybridized carbons (Fsp3) is 1.00. The summed E-state index contributed by atoms with van der Waals surface area (Å²) in [5.74, 6) is 3.19. The van der Waals surface area contributed by atoms with Crippen LogP contribution in [-0.2, 0) is 0 Å². The van der Waals surface area contributed by atoms with Gasteiger partial charge in [0.25, 0.3) is 0 Å². The quantitative estimate of drug-likeness (QED) is 0.507. The van der Waals surface area contributed by atoms with Crippen LogP contribution in [0.4, 0.5) is 0 Å². The van der Waals surface area contributed by atoms with E-state index in [1.54, 1.807) is 25.7 Å². The predicted molar refractivity (Wildman–Crippen MR) is 55.2 cm³/mol. The molecular formula is C12H24. The minimum Gasteiger partial charge on any atom is -0.0630 e. The minimum atomic E-state index is 0.833. The van der Waals surface area contributed by atoms with E-state index in [0.717, 1.165) is 5.92 Å². The summed E-state index contributed by atoms with van der Waals surface area (Å²) in [5.41, 5.74) is 0. The Morgan fingerprint density at radius 1 is 0.750 bits per heavy atom. The van der Waals surface area contributed by atoms with E-state index in [4.69, 9.17) is 0 Å². The van der Waals surface area contributed by atoms with Gasteiger partial charge in [-0.3, -0.25) is 0 Å². The molecule has 0 heteroatoms. The molecule has 0 unspecified atom stereocenters. The SMILES string of the molecule is C1CC2CCCC2C1.CC(C)C. The Kier molecular flexibility index (Phi) is 4.11. The highest BCUT2D eigenvalue weighted by molar-refractivity contribution is 4.82. The van der Waals surface area contributed by atoms with Crippen LogP contribution < -0.4 is 0 Å². The lowest BCUT2D eigenvalue weighted by Gasteiger charge is -2.04. The van der Waals surface area contributed by atoms with Crippen LogP contribution in [0.2, 0.25) is 0 Å². The van der Waals surface area contributed by atoms with Crippen molar-refractivity contribution in [2.75, 3.05) is 0 Å². The number of rotatable bonds is 0. The molecule has 0 N–H and O–H groups in total. The number of fused-ring (bicyclic) bond motifs is 1. The van der Waals surface area contributed by atoms with Gasteiger partial charge in [0.1, 0.15) is 0 Å². The zero-order valence-electron chi connectivity index (χ0n) is 8.97. The first-order valence-corrected chi connectivity index (χ1v) is 5.70. The third-order valence-corrected chi connectivity index (χ3v) is 2.97. The maximum absolute atomic E-state index is 2.17. The molecule has 0 nitrogen and oxygen atoms in total. The van der Waals surface area contributed by atoms with Gasteiger partial charge in [-0.25, -0.2) is 0 Å². The van der Waals surface area contributed by atoms with Gasteiger partial charge in [-0.2, -0.15) is 0 Å². The Morgan fingerprint density at radius 3 is 1.25 bits per heavy atom. The Balaban J connectivity index is 0.000000157. The highest BCUT2D eigenvalue weighted by atomic mass is 14.4. The number of hydrogen-bond donors (Lipinski definition) is 0. The van der Waals surface area contributed by atoms with Gasteiger partial charge < -0.3 is 0 Å². The van der Waals surface area contributed by atoms with Crippen LogP contribution in [0.3, 0.4) is 0 Å². The van der Waals surface area contributed by atoms with Gasteiger partial charge in [-0.1, -0.05) is 59.3 Å². The summed E-state index contributed by atoms with van der Waals surface area (Å²) >= 11 is 0. The van der Waals surface area contributed by atoms with Gasteiger partial charge in [0, 0.05) is 0 Å². The van der Waals surface area contributed by atoms with Gasteiger partial charge in [0.05, 0.1) is 0 Å². The van der Waals surface area contributed by atoms with Crippen molar-refractivity contribution in [1.29, 1.82) is 0 Å². The topological polar surface area (TPSA) is 0 Å². The molecule has 0 bridgehead atoms. The Hall–Kier alpha value is 0. The van der Waals surface area contributed by atoms with E-state index >= 15 is 0 Å². The second-order valence-corrected chi connectivity index (χ2v) is 5.11. The van der Waals surface area contributed by atoms with Gasteiger partial charge in [0.2, 0.25) is 0 Å². The molecule has 2 saturated carbocycles. The molecule has 0 aromatic carbocycles. The lowest BCUT2D eigenvalue weighted by molar-refractivity contribution is 0.457. The molecule has 2 aliphatic carbocycles. The van der Waals surface area contributed by atoms with E-state index in [0.29, 0.717) is 0 Å². The zero-order valence-corrected chi connectivity index (χ0v) is 8.97. The highest BCUT2D eigenvalue weighted by Gasteiger charge is 2.30. The molecular weight excluding hydrogens is 144 g/mol. The largest absolute Gasteiger partial charge is 0.0630 e. The molecule has 2 fully saturated rings. The fourth-order valence-corrected chi connectivity index (χ4v) is 2.52. The summed E-state index contributed by atoms with van der Waals surface area (Å²) in [5, 5.41) is 0. The molecule has 0 aliphatic heterocycles. The Morgan fingerprint density at radius 2 is 1.00 bits per heavy atom. The van der Waals surface area contributed by atoms with Crippen molar-refractivity contribution in [3.05, 3.63) is 0 Å². The normalized spacial score (nSPS) is 33.0. The summed E-state index contributed by atoms with van der Waals surface area (Å²) in [4.78, 5) is 0. The van der Waals surface area contributed by atoms with E-state index in [-0.39, 0.29) is 0 Å². The third-order valence-electron chi connectivity index (χ3n) is 2.97. The van der Waals surface area contributed by atoms with Gasteiger partial charge in [0.15, 0.2) is 0 Å². The van der Waals surface area contributed by atoms with Crippen molar-refractivity contribution >= 4 is 0 Å². The monoisotopic (exact) mass is 168 g/mol. The fourth-order valence-electron chi connectivity index (χ4n) is 2.52. The van der Waals surface area contributed by atoms with Crippen LogP contribution in [0.15, 0.2) is 0 Å². The predicted octanol–water partition coefficient (Wildman–Crippen LogP) is 4.25. The summed E-state index contributed by atoms with van der Waals surface area (Å²) in [7, 11) is 0. The maximum Gasteiger partial charge on any atom is -0.0386 e. The van der Waals surface area contributed by atoms with E-state index in [1.807, 2.05) is 0 Å². The molecule has 2 rings (SSSR count). The van der Waals surface area contributed by atoms with E-state index in [9.17, 15) is 0 Å². The van der Waals surface area contributed by atoms with Crippen molar-refractivity contribution in [2.24, 2.45) is 17.8 Å². The van der Waals surface area contributed by atoms with Crippen molar-refractivity contribution < 1.29 is 0 Å². The maximum atomic E-state index is 2.17. The molecule has 0 aromatic heterocycles. The van der Waals surface area contributed by atoms with E-state index in [1.165, 1.54) is 24.7 Å². The van der Waals surface area contributed by atoms with Crippen molar-refractivity contribution in [2.45, 2.75) is 59.3 Å². The summed E-state index contributed by atoms with van der Waals surface area (Å²) in [6, 6.07) is 0. The van der Waals surface area contributed by atoms with Crippen LogP contribution in [0.25, 0.3) is 0 Å². The van der Waals surface area contributed by atoms with Crippen molar-refractivity contribution in [3.8, 4) is 0 Å². The van der Waals surface area contributed by atoms with Gasteiger partial charge in [-0.05, 0) is 17.8 Å². The summed E-state index contributed by atoms with van der Waals surface area (Å²) in [6.45, 7) is 6.50. The summed E-state index contributed by atoms with van der Waals surface area (Å²) < 4.78 is 0. The van der Waals surface area contributed by atoms with Crippen LogP contribution in [0.1, 0.15) is 59.3 Å². The second kappa shape index (κ2) is 4.89. The first-order chi connectivity index (χ1) is 5.70. The van der Waals surface area contributed by atoms with Crippen molar-refractivity contribution in [3.63, 3.8) is 0 Å². The minimum absolute atomic E-state index is 0.833. The van der Waals surface area contributed by atoms with Crippen LogP contribution in [-0.4, -0.2) is 0 Å². The molecule has 0 radical (unpaired) electrons.